The maximum Gasteiger partial charge on any atom is 0.275 e. The number of hydrogen-bond donors (Lipinski definition) is 1. The highest BCUT2D eigenvalue weighted by atomic mass is 16.6. The number of nitrogens with one attached hydrogen (secondary N) is 1. The Labute approximate surface area is 106 Å². The van der Waals surface area contributed by atoms with E-state index in [1.165, 1.54) is 12.1 Å². The molecule has 100 valence electrons. The Bertz CT molecular complexity index is 396. The summed E-state index contributed by atoms with van der Waals surface area (Å²) in [6.45, 7) is 3.60. The Kier molecular flexibility index (Phi) is 5.93. The van der Waals surface area contributed by atoms with Gasteiger partial charge in [-0.15, -0.1) is 0 Å². The third-order valence-electron chi connectivity index (χ3n) is 2.24. The van der Waals surface area contributed by atoms with Gasteiger partial charge in [-0.2, -0.15) is 0 Å². The van der Waals surface area contributed by atoms with Crippen molar-refractivity contribution in [3.05, 3.63) is 28.3 Å². The molecule has 0 bridgehead atoms. The van der Waals surface area contributed by atoms with Crippen molar-refractivity contribution < 1.29 is 14.4 Å². The molecule has 0 aliphatic rings. The second kappa shape index (κ2) is 7.50. The number of rotatable bonds is 8. The standard InChI is InChI=1S/C12H18N2O4/c1-3-4-13-10-7-11(14(15)16)9-12(8-10)18-6-5-17-2/h7-9,13H,3-6H2,1-2H3. The van der Waals surface area contributed by atoms with Crippen molar-refractivity contribution in [2.45, 2.75) is 13.3 Å². The predicted molar refractivity (Wildman–Crippen MR) is 69.2 cm³/mol. The molecule has 1 aromatic rings. The van der Waals surface area contributed by atoms with Crippen molar-refractivity contribution in [3.63, 3.8) is 0 Å². The minimum absolute atomic E-state index is 0.0171. The monoisotopic (exact) mass is 254 g/mol. The third-order valence-corrected chi connectivity index (χ3v) is 2.24. The van der Waals surface area contributed by atoms with Gasteiger partial charge in [-0.25, -0.2) is 0 Å². The maximum atomic E-state index is 10.8. The molecule has 0 fully saturated rings. The summed E-state index contributed by atoms with van der Waals surface area (Å²) >= 11 is 0. The zero-order valence-electron chi connectivity index (χ0n) is 10.6. The van der Waals surface area contributed by atoms with Gasteiger partial charge in [0, 0.05) is 31.5 Å². The fraction of sp³-hybridized carbons (Fsp3) is 0.500. The van der Waals surface area contributed by atoms with Crippen LogP contribution in [0, 0.1) is 10.1 Å². The molecule has 1 aromatic carbocycles. The van der Waals surface area contributed by atoms with E-state index >= 15 is 0 Å². The molecule has 0 amide bonds. The van der Waals surface area contributed by atoms with Crippen molar-refractivity contribution in [1.29, 1.82) is 0 Å². The molecule has 0 radical (unpaired) electrons. The first-order valence-corrected chi connectivity index (χ1v) is 5.82. The lowest BCUT2D eigenvalue weighted by Gasteiger charge is -2.09. The van der Waals surface area contributed by atoms with Crippen molar-refractivity contribution in [3.8, 4) is 5.75 Å². The summed E-state index contributed by atoms with van der Waals surface area (Å²) in [4.78, 5) is 10.4. The largest absolute Gasteiger partial charge is 0.491 e. The number of non-ortho nitro benzene ring substituents is 1. The van der Waals surface area contributed by atoms with Crippen LogP contribution in [0.3, 0.4) is 0 Å². The lowest BCUT2D eigenvalue weighted by atomic mass is 10.2. The Balaban J connectivity index is 2.80. The van der Waals surface area contributed by atoms with Gasteiger partial charge in [0.15, 0.2) is 0 Å². The molecule has 1 rings (SSSR count). The average Bonchev–Trinajstić information content (AvgIpc) is 2.36. The fourth-order valence-electron chi connectivity index (χ4n) is 1.39. The first-order valence-electron chi connectivity index (χ1n) is 5.82. The number of benzene rings is 1. The van der Waals surface area contributed by atoms with Crippen LogP contribution in [0.2, 0.25) is 0 Å². The zero-order chi connectivity index (χ0) is 13.4. The first kappa shape index (κ1) is 14.2. The molecule has 0 aliphatic carbocycles. The van der Waals surface area contributed by atoms with Crippen LogP contribution >= 0.6 is 0 Å². The number of nitrogens with zero attached hydrogens (tertiary/aromatic N) is 1. The second-order valence-corrected chi connectivity index (χ2v) is 3.74. The molecule has 0 unspecified atom stereocenters. The Hall–Kier alpha value is -1.82. The van der Waals surface area contributed by atoms with Crippen molar-refractivity contribution in [2.75, 3.05) is 32.2 Å². The van der Waals surface area contributed by atoms with E-state index in [4.69, 9.17) is 9.47 Å². The minimum atomic E-state index is -0.430. The number of anilines is 1. The Morgan fingerprint density at radius 2 is 2.11 bits per heavy atom. The van der Waals surface area contributed by atoms with E-state index in [0.29, 0.717) is 24.7 Å². The van der Waals surface area contributed by atoms with Crippen LogP contribution in [-0.4, -0.2) is 31.8 Å². The number of ether oxygens (including phenoxy) is 2. The molecule has 0 saturated carbocycles. The normalized spacial score (nSPS) is 10.1. The van der Waals surface area contributed by atoms with Crippen LogP contribution in [-0.2, 0) is 4.74 Å². The quantitative estimate of drug-likeness (QED) is 0.438. The third kappa shape index (κ3) is 4.58. The maximum absolute atomic E-state index is 10.8. The smallest absolute Gasteiger partial charge is 0.275 e. The minimum Gasteiger partial charge on any atom is -0.491 e. The van der Waals surface area contributed by atoms with E-state index in [9.17, 15) is 10.1 Å². The van der Waals surface area contributed by atoms with Crippen LogP contribution in [0.4, 0.5) is 11.4 Å². The van der Waals surface area contributed by atoms with E-state index in [1.54, 1.807) is 13.2 Å². The van der Waals surface area contributed by atoms with E-state index < -0.39 is 4.92 Å². The number of hydrogen-bond acceptors (Lipinski definition) is 5. The summed E-state index contributed by atoms with van der Waals surface area (Å²) in [5.74, 6) is 0.472. The van der Waals surface area contributed by atoms with Crippen LogP contribution in [0.25, 0.3) is 0 Å². The molecule has 6 nitrogen and oxygen atoms in total. The van der Waals surface area contributed by atoms with Gasteiger partial charge >= 0.3 is 0 Å². The van der Waals surface area contributed by atoms with E-state index in [0.717, 1.165) is 13.0 Å². The van der Waals surface area contributed by atoms with Gasteiger partial charge in [0.25, 0.3) is 5.69 Å². The van der Waals surface area contributed by atoms with Crippen LogP contribution in [0.15, 0.2) is 18.2 Å². The lowest BCUT2D eigenvalue weighted by molar-refractivity contribution is -0.384. The average molecular weight is 254 g/mol. The van der Waals surface area contributed by atoms with Crippen molar-refractivity contribution in [2.24, 2.45) is 0 Å². The van der Waals surface area contributed by atoms with Gasteiger partial charge in [0.05, 0.1) is 17.6 Å². The molecule has 0 atom stereocenters. The van der Waals surface area contributed by atoms with Gasteiger partial charge < -0.3 is 14.8 Å². The summed E-state index contributed by atoms with van der Waals surface area (Å²) in [6.07, 6.45) is 0.947. The highest BCUT2D eigenvalue weighted by molar-refractivity contribution is 5.56. The molecule has 0 spiro atoms. The van der Waals surface area contributed by atoms with Gasteiger partial charge in [-0.1, -0.05) is 6.92 Å². The molecule has 0 heterocycles. The van der Waals surface area contributed by atoms with E-state index in [-0.39, 0.29) is 5.69 Å². The molecule has 0 aliphatic heterocycles. The van der Waals surface area contributed by atoms with E-state index in [1.807, 2.05) is 6.92 Å². The summed E-state index contributed by atoms with van der Waals surface area (Å²) in [5.41, 5.74) is 0.710. The summed E-state index contributed by atoms with van der Waals surface area (Å²) in [7, 11) is 1.57. The highest BCUT2D eigenvalue weighted by Crippen LogP contribution is 2.26. The molecule has 18 heavy (non-hydrogen) atoms. The zero-order valence-corrected chi connectivity index (χ0v) is 10.6. The molecule has 1 N–H and O–H groups in total. The summed E-state index contributed by atoms with van der Waals surface area (Å²) < 4.78 is 10.3. The molecule has 0 aromatic heterocycles. The number of nitro groups is 1. The van der Waals surface area contributed by atoms with Gasteiger partial charge in [0.2, 0.25) is 0 Å². The van der Waals surface area contributed by atoms with Crippen LogP contribution in [0.1, 0.15) is 13.3 Å². The predicted octanol–water partition coefficient (Wildman–Crippen LogP) is 2.44. The van der Waals surface area contributed by atoms with Crippen LogP contribution in [0.5, 0.6) is 5.75 Å². The molecular formula is C12H18N2O4. The van der Waals surface area contributed by atoms with Crippen LogP contribution < -0.4 is 10.1 Å². The summed E-state index contributed by atoms with van der Waals surface area (Å²) in [5, 5.41) is 13.9. The summed E-state index contributed by atoms with van der Waals surface area (Å²) in [6, 6.07) is 4.66. The Morgan fingerprint density at radius 1 is 1.33 bits per heavy atom. The SMILES string of the molecule is CCCNc1cc(OCCOC)cc([N+](=O)[O-])c1. The topological polar surface area (TPSA) is 73.6 Å². The van der Waals surface area contributed by atoms with Crippen molar-refractivity contribution >= 4 is 11.4 Å². The van der Waals surface area contributed by atoms with Gasteiger partial charge in [0.1, 0.15) is 12.4 Å². The van der Waals surface area contributed by atoms with Crippen molar-refractivity contribution in [1.82, 2.24) is 0 Å². The van der Waals surface area contributed by atoms with E-state index in [2.05, 4.69) is 5.32 Å². The number of methoxy groups -OCH3 is 1. The molecule has 6 heteroatoms. The lowest BCUT2D eigenvalue weighted by Crippen LogP contribution is -2.06. The first-order chi connectivity index (χ1) is 8.67. The highest BCUT2D eigenvalue weighted by Gasteiger charge is 2.10. The Morgan fingerprint density at radius 3 is 2.72 bits per heavy atom. The molecule has 0 saturated heterocycles. The second-order valence-electron chi connectivity index (χ2n) is 3.74. The van der Waals surface area contributed by atoms with Gasteiger partial charge in [-0.3, -0.25) is 10.1 Å². The number of nitro benzene ring substituents is 1. The molecular weight excluding hydrogens is 236 g/mol. The fourth-order valence-corrected chi connectivity index (χ4v) is 1.39. The van der Waals surface area contributed by atoms with Gasteiger partial charge in [-0.05, 0) is 6.42 Å².